The lowest BCUT2D eigenvalue weighted by atomic mass is 9.90. The molecule has 37 nitrogen and oxygen atoms in total. The quantitative estimate of drug-likeness (QED) is 0.0151. The molecule has 0 saturated carbocycles. The van der Waals surface area contributed by atoms with Gasteiger partial charge in [0, 0.05) is 140 Å². The lowest BCUT2D eigenvalue weighted by Gasteiger charge is -2.32. The molecule has 1 heterocycles. The average Bonchev–Trinajstić information content (AvgIpc) is 0.816. The predicted molar refractivity (Wildman–Crippen MR) is 394 cm³/mol. The highest BCUT2D eigenvalue weighted by atomic mass is 16.5. The van der Waals surface area contributed by atoms with Crippen LogP contribution in [0.3, 0.4) is 0 Å². The number of carboxylic acids is 3. The molecule has 594 valence electrons. The Hall–Kier alpha value is -11.1. The van der Waals surface area contributed by atoms with Crippen molar-refractivity contribution >= 4 is 89.0 Å². The van der Waals surface area contributed by atoms with Crippen molar-refractivity contribution in [3.05, 3.63) is 95.6 Å². The number of hydrogen-bond acceptors (Lipinski definition) is 20. The molecule has 0 aliphatic carbocycles. The number of phenolic OH excluding ortho intramolecular Hbond substituents is 1. The Bertz CT molecular complexity index is 3490. The number of carboxylic acid groups (broad SMARTS) is 3. The van der Waals surface area contributed by atoms with Crippen LogP contribution in [0.2, 0.25) is 0 Å². The van der Waals surface area contributed by atoms with Crippen LogP contribution >= 0.6 is 0 Å². The molecular weight excluding hydrogens is 1410 g/mol. The molecule has 3 aromatic carbocycles. The number of nitrogens with two attached hydrogens (primary N) is 1. The van der Waals surface area contributed by atoms with Crippen LogP contribution in [0.25, 0.3) is 0 Å². The van der Waals surface area contributed by atoms with Crippen molar-refractivity contribution in [1.29, 1.82) is 0 Å². The van der Waals surface area contributed by atoms with E-state index in [-0.39, 0.29) is 161 Å². The van der Waals surface area contributed by atoms with Gasteiger partial charge in [-0.1, -0.05) is 61.5 Å². The number of nitrogens with zero attached hydrogens (tertiary/aromatic N) is 10. The number of amides is 12. The number of likely N-dealkylation sites (N-methyl/N-ethyl adjacent to an activating group) is 5. The van der Waals surface area contributed by atoms with Gasteiger partial charge >= 0.3 is 23.9 Å². The Morgan fingerprint density at radius 1 is 0.481 bits per heavy atom. The van der Waals surface area contributed by atoms with Crippen molar-refractivity contribution in [3.63, 3.8) is 0 Å². The fourth-order valence-corrected chi connectivity index (χ4v) is 10.8. The van der Waals surface area contributed by atoms with Crippen molar-refractivity contribution in [1.82, 2.24) is 81.3 Å². The van der Waals surface area contributed by atoms with Gasteiger partial charge in [0.1, 0.15) is 17.5 Å². The van der Waals surface area contributed by atoms with E-state index in [0.717, 1.165) is 24.5 Å². The number of hydrogen-bond donors (Lipinski definition) is 12. The third-order valence-corrected chi connectivity index (χ3v) is 17.1. The molecule has 0 bridgehead atoms. The number of aliphatic imine (C=N–C) groups is 1. The number of phenols is 1. The maximum absolute atomic E-state index is 14.5. The lowest BCUT2D eigenvalue weighted by molar-refractivity contribution is -0.145. The highest BCUT2D eigenvalue weighted by Crippen LogP contribution is 2.28. The van der Waals surface area contributed by atoms with E-state index in [0.29, 0.717) is 48.1 Å². The van der Waals surface area contributed by atoms with E-state index < -0.39 is 115 Å². The predicted octanol–water partition coefficient (Wildman–Crippen LogP) is -3.21. The number of nitrogens with one attached hydrogen (secondary N) is 7. The molecule has 12 amide bonds. The molecule has 37 heteroatoms. The number of carbonyl (C=O) groups is 14. The van der Waals surface area contributed by atoms with Gasteiger partial charge in [0.25, 0.3) is 0 Å². The van der Waals surface area contributed by atoms with Gasteiger partial charge in [-0.3, -0.25) is 81.9 Å². The van der Waals surface area contributed by atoms with Crippen LogP contribution in [-0.2, 0) is 68.9 Å². The minimum atomic E-state index is -1.09. The minimum Gasteiger partial charge on any atom is -0.508 e. The topological polar surface area (TPSA) is 481 Å². The van der Waals surface area contributed by atoms with Crippen LogP contribution in [0.15, 0.2) is 83.9 Å². The number of aromatic hydroxyl groups is 1. The first-order chi connectivity index (χ1) is 51.4. The van der Waals surface area contributed by atoms with Gasteiger partial charge in [-0.05, 0) is 66.6 Å². The first kappa shape index (κ1) is 89.3. The summed E-state index contributed by atoms with van der Waals surface area (Å²) in [4.78, 5) is 195. The standard InChI is InChI=1S/C71H106N18O19/c1-7-56(91)75-28-29-77-71(107)80-70(72)76-26-14-19-55(68(105)78-40-50-20-22-53(90)23-21-50)79-69(106)67(51-15-9-8-10-16-51)52-17-13-18-54(39-52)108-38-12-11-25-73-57(92)41-81(2)60(95)44-83(4)62(97)46-85(6)63(98)45-84(5)61(96)43-82(3)59(94)24-27-74-58(93)42-86-30-32-87(47-64(99)100)34-36-89(49-66(103)104)37-35-88(33-31-86)48-65(101)102/h8-10,13,15-18,20-23,39,55,67,90H,7,11-12,14,19,24-38,40-49H2,1-6H3,(H,73,92)(H,74,93)(H,75,91)(H,78,105)(H,79,106)(H,99,100)(H,101,102)(H,103,104)(H4,72,76,77,80,107)/t55-,67+/m1/s1. The monoisotopic (exact) mass is 1510 g/mol. The number of benzene rings is 3. The van der Waals surface area contributed by atoms with Gasteiger partial charge in [-0.2, -0.15) is 4.99 Å². The molecule has 0 aromatic heterocycles. The Morgan fingerprint density at radius 2 is 0.944 bits per heavy atom. The van der Waals surface area contributed by atoms with Crippen LogP contribution in [0, 0.1) is 0 Å². The van der Waals surface area contributed by atoms with Crippen molar-refractivity contribution in [2.24, 2.45) is 10.7 Å². The van der Waals surface area contributed by atoms with E-state index in [2.05, 4.69) is 42.2 Å². The zero-order valence-electron chi connectivity index (χ0n) is 62.3. The van der Waals surface area contributed by atoms with E-state index >= 15 is 0 Å². The second-order valence-corrected chi connectivity index (χ2v) is 25.9. The van der Waals surface area contributed by atoms with Crippen LogP contribution in [0.5, 0.6) is 11.5 Å². The molecule has 0 radical (unpaired) electrons. The van der Waals surface area contributed by atoms with Gasteiger partial charge < -0.3 is 92.6 Å². The van der Waals surface area contributed by atoms with E-state index in [1.165, 1.54) is 47.4 Å². The summed E-state index contributed by atoms with van der Waals surface area (Å²) in [6.45, 7) is 1.08. The molecule has 108 heavy (non-hydrogen) atoms. The molecule has 4 rings (SSSR count). The molecule has 1 aliphatic heterocycles. The number of urea groups is 1. The zero-order valence-corrected chi connectivity index (χ0v) is 62.3. The zero-order chi connectivity index (χ0) is 79.7. The number of carbonyl (C=O) groups excluding carboxylic acids is 11. The van der Waals surface area contributed by atoms with Crippen molar-refractivity contribution in [2.45, 2.75) is 64.0 Å². The Balaban J connectivity index is 1.18. The smallest absolute Gasteiger partial charge is 0.344 e. The maximum Gasteiger partial charge on any atom is 0.344 e. The van der Waals surface area contributed by atoms with Gasteiger partial charge in [-0.15, -0.1) is 0 Å². The Labute approximate surface area is 627 Å². The number of aliphatic carboxylic acids is 3. The molecule has 0 unspecified atom stereocenters. The summed E-state index contributed by atoms with van der Waals surface area (Å²) in [5, 5.41) is 57.5. The van der Waals surface area contributed by atoms with Crippen LogP contribution in [-0.4, -0.2) is 345 Å². The van der Waals surface area contributed by atoms with E-state index in [9.17, 15) is 87.5 Å². The first-order valence-corrected chi connectivity index (χ1v) is 35.4. The fraction of sp³-hybridized carbons (Fsp3) is 0.535. The highest BCUT2D eigenvalue weighted by Gasteiger charge is 2.30. The van der Waals surface area contributed by atoms with E-state index in [4.69, 9.17) is 10.5 Å². The summed E-state index contributed by atoms with van der Waals surface area (Å²) in [6.07, 6.45) is 1.53. The summed E-state index contributed by atoms with van der Waals surface area (Å²) in [5.41, 5.74) is 7.85. The minimum absolute atomic E-state index is 0.0567. The Morgan fingerprint density at radius 3 is 1.46 bits per heavy atom. The molecule has 0 spiro atoms. The van der Waals surface area contributed by atoms with Crippen LogP contribution in [0.4, 0.5) is 4.79 Å². The first-order valence-electron chi connectivity index (χ1n) is 35.4. The van der Waals surface area contributed by atoms with Gasteiger partial charge in [0.05, 0.1) is 71.4 Å². The normalized spacial score (nSPS) is 13.8. The summed E-state index contributed by atoms with van der Waals surface area (Å²) in [6, 6.07) is 20.5. The van der Waals surface area contributed by atoms with Gasteiger partial charge in [0.15, 0.2) is 5.96 Å². The van der Waals surface area contributed by atoms with Crippen LogP contribution in [0.1, 0.15) is 68.1 Å². The molecule has 13 N–H and O–H groups in total. The molecule has 3 aromatic rings. The summed E-state index contributed by atoms with van der Waals surface area (Å²) in [7, 11) is 6.80. The number of ether oxygens (including phenoxy) is 1. The maximum atomic E-state index is 14.5. The number of unbranched alkanes of at least 4 members (excludes halogenated alkanes) is 1. The van der Waals surface area contributed by atoms with E-state index in [1.54, 1.807) is 87.2 Å². The SMILES string of the molecule is CCC(=O)NCCNC(=O)/N=C(/N)NCCC[C@@H](NC(=O)[C@@H](c1ccccc1)c1cccc(OCCCCNC(=O)CN(C)C(=O)CN(C)C(=O)CN(C)C(=O)CN(C)C(=O)CN(C)C(=O)CCNC(=O)CN2CCN(CC(=O)O)CCN(CC(=O)O)CCN(CC(=O)O)CC2)c1)C(=O)NCc1ccc(O)cc1. The lowest BCUT2D eigenvalue weighted by Crippen LogP contribution is -2.50. The summed E-state index contributed by atoms with van der Waals surface area (Å²) >= 11 is 0. The molecule has 1 aliphatic rings. The van der Waals surface area contributed by atoms with Crippen molar-refractivity contribution < 1.29 is 92.3 Å². The third-order valence-electron chi connectivity index (χ3n) is 17.1. The number of guanidine groups is 1. The third kappa shape index (κ3) is 35.8. The van der Waals surface area contributed by atoms with Crippen LogP contribution < -0.4 is 47.7 Å². The molecule has 2 atom stereocenters. The molecule has 1 fully saturated rings. The summed E-state index contributed by atoms with van der Waals surface area (Å²) < 4.78 is 6.10. The largest absolute Gasteiger partial charge is 0.508 e. The van der Waals surface area contributed by atoms with Gasteiger partial charge in [-0.25, -0.2) is 4.79 Å². The Kier molecular flexibility index (Phi) is 39.9. The average molecular weight is 1520 g/mol. The highest BCUT2D eigenvalue weighted by molar-refractivity contribution is 5.94. The second-order valence-electron chi connectivity index (χ2n) is 25.9. The van der Waals surface area contributed by atoms with Crippen molar-refractivity contribution in [2.75, 3.05) is 186 Å². The molecular formula is C71H106N18O19. The second kappa shape index (κ2) is 48.2. The van der Waals surface area contributed by atoms with Gasteiger partial charge in [0.2, 0.25) is 59.1 Å². The number of rotatable bonds is 42. The fourth-order valence-electron chi connectivity index (χ4n) is 10.8. The van der Waals surface area contributed by atoms with Crippen molar-refractivity contribution in [3.8, 4) is 11.5 Å². The van der Waals surface area contributed by atoms with E-state index in [1.807, 2.05) is 6.07 Å². The summed E-state index contributed by atoms with van der Waals surface area (Å²) in [5.74, 6) is -8.83. The molecule has 1 saturated heterocycles.